The Labute approximate surface area is 151 Å². The van der Waals surface area contributed by atoms with E-state index < -0.39 is 0 Å². The van der Waals surface area contributed by atoms with E-state index in [4.69, 9.17) is 0 Å². The molecule has 0 aliphatic carbocycles. The number of hydrogen-bond acceptors (Lipinski definition) is 6. The van der Waals surface area contributed by atoms with E-state index in [1.54, 1.807) is 0 Å². The second-order valence-corrected chi connectivity index (χ2v) is 6.85. The lowest BCUT2D eigenvalue weighted by Crippen LogP contribution is -2.49. The molecule has 0 unspecified atom stereocenters. The zero-order chi connectivity index (χ0) is 17.8. The Kier molecular flexibility index (Phi) is 5.29. The van der Waals surface area contributed by atoms with Gasteiger partial charge in [0.2, 0.25) is 0 Å². The monoisotopic (exact) mass is 355 g/mol. The molecule has 0 atom stereocenters. The van der Waals surface area contributed by atoms with Crippen LogP contribution >= 0.6 is 11.3 Å². The van der Waals surface area contributed by atoms with Gasteiger partial charge in [0, 0.05) is 26.2 Å². The molecule has 7 heteroatoms. The highest BCUT2D eigenvalue weighted by atomic mass is 32.1. The molecule has 1 aliphatic rings. The smallest absolute Gasteiger partial charge is 0.264 e. The van der Waals surface area contributed by atoms with Gasteiger partial charge in [-0.25, -0.2) is 0 Å². The number of carbonyl (C=O) groups excluding carboxylic acids is 1. The lowest BCUT2D eigenvalue weighted by molar-refractivity contribution is 0.0751. The average molecular weight is 355 g/mol. The predicted octanol–water partition coefficient (Wildman–Crippen LogP) is 2.50. The lowest BCUT2D eigenvalue weighted by atomic mass is 10.0. The summed E-state index contributed by atoms with van der Waals surface area (Å²) in [5.74, 6) is 0.733. The van der Waals surface area contributed by atoms with Crippen molar-refractivity contribution in [3.05, 3.63) is 39.2 Å². The molecule has 1 aliphatic heterocycles. The van der Waals surface area contributed by atoms with E-state index in [-0.39, 0.29) is 5.91 Å². The van der Waals surface area contributed by atoms with Crippen LogP contribution in [0.5, 0.6) is 0 Å². The zero-order valence-corrected chi connectivity index (χ0v) is 15.3. The van der Waals surface area contributed by atoms with Crippen LogP contribution in [-0.4, -0.2) is 47.2 Å². The summed E-state index contributed by atoms with van der Waals surface area (Å²) >= 11 is 1.47. The largest absolute Gasteiger partial charge is 0.350 e. The first kappa shape index (κ1) is 17.4. The lowest BCUT2D eigenvalue weighted by Gasteiger charge is -2.35. The van der Waals surface area contributed by atoms with Gasteiger partial charge in [-0.3, -0.25) is 4.79 Å². The quantitative estimate of drug-likeness (QED) is 0.842. The first-order valence-corrected chi connectivity index (χ1v) is 9.43. The summed E-state index contributed by atoms with van der Waals surface area (Å²) < 4.78 is 0. The normalized spacial score (nSPS) is 14.4. The molecule has 1 fully saturated rings. The molecule has 130 valence electrons. The fourth-order valence-corrected chi connectivity index (χ4v) is 3.87. The Hall–Kier alpha value is -2.46. The van der Waals surface area contributed by atoms with Crippen molar-refractivity contribution in [2.24, 2.45) is 0 Å². The molecule has 0 saturated carbocycles. The standard InChI is InChI=1S/C18H21N5OS/c1-3-13-14(12-19)17(21-20-15(13)4-2)22-7-9-23(10-8-22)18(24)16-6-5-11-25-16/h5-6,11H,3-4,7-10H2,1-2H3. The number of hydrogen-bond donors (Lipinski definition) is 0. The van der Waals surface area contributed by atoms with E-state index in [0.717, 1.165) is 29.0 Å². The van der Waals surface area contributed by atoms with Gasteiger partial charge in [0.05, 0.1) is 10.6 Å². The van der Waals surface area contributed by atoms with Gasteiger partial charge < -0.3 is 9.80 Å². The number of nitrogens with zero attached hydrogens (tertiary/aromatic N) is 5. The Morgan fingerprint density at radius 1 is 1.24 bits per heavy atom. The van der Waals surface area contributed by atoms with Crippen molar-refractivity contribution < 1.29 is 4.79 Å². The number of anilines is 1. The van der Waals surface area contributed by atoms with Crippen molar-refractivity contribution in [3.8, 4) is 6.07 Å². The molecule has 0 radical (unpaired) electrons. The number of rotatable bonds is 4. The average Bonchev–Trinajstić information content (AvgIpc) is 3.21. The number of aromatic nitrogens is 2. The van der Waals surface area contributed by atoms with E-state index in [2.05, 4.69) is 21.2 Å². The molecule has 3 heterocycles. The third-order valence-electron chi connectivity index (χ3n) is 4.54. The van der Waals surface area contributed by atoms with Crippen LogP contribution in [-0.2, 0) is 12.8 Å². The Balaban J connectivity index is 1.77. The van der Waals surface area contributed by atoms with Gasteiger partial charge in [-0.2, -0.15) is 10.4 Å². The molecule has 1 amide bonds. The molecule has 0 spiro atoms. The Morgan fingerprint density at radius 2 is 2.00 bits per heavy atom. The van der Waals surface area contributed by atoms with Gasteiger partial charge >= 0.3 is 0 Å². The van der Waals surface area contributed by atoms with Gasteiger partial charge in [0.15, 0.2) is 5.82 Å². The number of piperazine rings is 1. The summed E-state index contributed by atoms with van der Waals surface area (Å²) in [6.45, 7) is 6.64. The van der Waals surface area contributed by atoms with Gasteiger partial charge in [-0.15, -0.1) is 16.4 Å². The van der Waals surface area contributed by atoms with Crippen LogP contribution in [0.2, 0.25) is 0 Å². The maximum absolute atomic E-state index is 12.4. The van der Waals surface area contributed by atoms with Crippen molar-refractivity contribution >= 4 is 23.1 Å². The van der Waals surface area contributed by atoms with Crippen molar-refractivity contribution in [1.82, 2.24) is 15.1 Å². The number of aryl methyl sites for hydroxylation is 1. The van der Waals surface area contributed by atoms with E-state index in [0.29, 0.717) is 37.6 Å². The van der Waals surface area contributed by atoms with Gasteiger partial charge in [0.25, 0.3) is 5.91 Å². The van der Waals surface area contributed by atoms with E-state index in [9.17, 15) is 10.1 Å². The number of carbonyl (C=O) groups is 1. The summed E-state index contributed by atoms with van der Waals surface area (Å²) in [7, 11) is 0. The maximum atomic E-state index is 12.4. The molecule has 1 saturated heterocycles. The fraction of sp³-hybridized carbons (Fsp3) is 0.444. The van der Waals surface area contributed by atoms with Crippen LogP contribution in [0.3, 0.4) is 0 Å². The summed E-state index contributed by atoms with van der Waals surface area (Å²) in [6.07, 6.45) is 1.54. The number of amides is 1. The molecule has 0 N–H and O–H groups in total. The fourth-order valence-electron chi connectivity index (χ4n) is 3.18. The summed E-state index contributed by atoms with van der Waals surface area (Å²) in [5, 5.41) is 20.2. The molecular formula is C18H21N5OS. The van der Waals surface area contributed by atoms with Crippen molar-refractivity contribution in [2.45, 2.75) is 26.7 Å². The summed E-state index contributed by atoms with van der Waals surface area (Å²) in [4.78, 5) is 17.2. The predicted molar refractivity (Wildman–Crippen MR) is 97.9 cm³/mol. The minimum absolute atomic E-state index is 0.0804. The molecule has 25 heavy (non-hydrogen) atoms. The number of nitriles is 1. The van der Waals surface area contributed by atoms with Crippen molar-refractivity contribution in [3.63, 3.8) is 0 Å². The van der Waals surface area contributed by atoms with Crippen molar-refractivity contribution in [1.29, 1.82) is 5.26 Å². The van der Waals surface area contributed by atoms with Crippen LogP contribution in [0.4, 0.5) is 5.82 Å². The van der Waals surface area contributed by atoms with Crippen LogP contribution in [0, 0.1) is 11.3 Å². The molecule has 0 aromatic carbocycles. The van der Waals surface area contributed by atoms with Gasteiger partial charge in [0.1, 0.15) is 11.6 Å². The van der Waals surface area contributed by atoms with Crippen LogP contribution in [0.25, 0.3) is 0 Å². The molecule has 3 rings (SSSR count). The van der Waals surface area contributed by atoms with Gasteiger partial charge in [-0.1, -0.05) is 19.9 Å². The molecule has 6 nitrogen and oxygen atoms in total. The van der Waals surface area contributed by atoms with Gasteiger partial charge in [-0.05, 0) is 29.9 Å². The minimum atomic E-state index is 0.0804. The van der Waals surface area contributed by atoms with E-state index in [1.807, 2.05) is 36.3 Å². The second-order valence-electron chi connectivity index (χ2n) is 5.90. The Bertz CT molecular complexity index is 789. The second kappa shape index (κ2) is 7.62. The SMILES string of the molecule is CCc1nnc(N2CCN(C(=O)c3cccs3)CC2)c(C#N)c1CC. The topological polar surface area (TPSA) is 73.1 Å². The summed E-state index contributed by atoms with van der Waals surface area (Å²) in [6, 6.07) is 6.07. The Morgan fingerprint density at radius 3 is 2.56 bits per heavy atom. The van der Waals surface area contributed by atoms with E-state index in [1.165, 1.54) is 11.3 Å². The first-order chi connectivity index (χ1) is 12.2. The zero-order valence-electron chi connectivity index (χ0n) is 14.5. The summed E-state index contributed by atoms with van der Waals surface area (Å²) in [5.41, 5.74) is 2.52. The first-order valence-electron chi connectivity index (χ1n) is 8.55. The third-order valence-corrected chi connectivity index (χ3v) is 5.40. The molecule has 0 bridgehead atoms. The maximum Gasteiger partial charge on any atom is 0.264 e. The third kappa shape index (κ3) is 3.35. The van der Waals surface area contributed by atoms with Crippen molar-refractivity contribution in [2.75, 3.05) is 31.1 Å². The van der Waals surface area contributed by atoms with Crippen LogP contribution in [0.15, 0.2) is 17.5 Å². The van der Waals surface area contributed by atoms with E-state index >= 15 is 0 Å². The molecular weight excluding hydrogens is 334 g/mol. The highest BCUT2D eigenvalue weighted by Gasteiger charge is 2.26. The van der Waals surface area contributed by atoms with Crippen LogP contribution in [0.1, 0.15) is 40.3 Å². The highest BCUT2D eigenvalue weighted by molar-refractivity contribution is 7.12. The molecule has 2 aromatic heterocycles. The molecule has 2 aromatic rings. The number of thiophene rings is 1. The highest BCUT2D eigenvalue weighted by Crippen LogP contribution is 2.24. The van der Waals surface area contributed by atoms with Crippen LogP contribution < -0.4 is 4.90 Å². The minimum Gasteiger partial charge on any atom is -0.350 e.